The fourth-order valence-electron chi connectivity index (χ4n) is 2.08. The third-order valence-electron chi connectivity index (χ3n) is 3.12. The maximum absolute atomic E-state index is 5.68. The quantitative estimate of drug-likeness (QED) is 0.435. The van der Waals surface area contributed by atoms with Crippen LogP contribution in [0.25, 0.3) is 5.57 Å². The van der Waals surface area contributed by atoms with Gasteiger partial charge in [-0.25, -0.2) is 0 Å². The predicted molar refractivity (Wildman–Crippen MR) is 85.3 cm³/mol. The summed E-state index contributed by atoms with van der Waals surface area (Å²) < 4.78 is 8.93. The molecule has 2 rings (SSSR count). The summed E-state index contributed by atoms with van der Waals surface area (Å²) in [4.78, 5) is 2.34. The number of hydrogen-bond acceptors (Lipinski definition) is 5. The van der Waals surface area contributed by atoms with E-state index >= 15 is 0 Å². The highest BCUT2D eigenvalue weighted by atomic mass is 35.5. The summed E-state index contributed by atoms with van der Waals surface area (Å²) in [7, 11) is 2.16. The van der Waals surface area contributed by atoms with Gasteiger partial charge < -0.3 is 4.90 Å². The van der Waals surface area contributed by atoms with Crippen LogP contribution in [0.1, 0.15) is 31.4 Å². The molecule has 19 heavy (non-hydrogen) atoms. The molecule has 0 atom stereocenters. The van der Waals surface area contributed by atoms with E-state index in [0.29, 0.717) is 0 Å². The Balaban J connectivity index is 1.88. The Kier molecular flexibility index (Phi) is 6.64. The number of halogens is 1. The van der Waals surface area contributed by atoms with Gasteiger partial charge in [0.25, 0.3) is 0 Å². The first-order chi connectivity index (χ1) is 9.31. The van der Waals surface area contributed by atoms with E-state index in [1.807, 2.05) is 11.8 Å². The van der Waals surface area contributed by atoms with Crippen molar-refractivity contribution >= 4 is 40.7 Å². The molecule has 0 aromatic carbocycles. The van der Waals surface area contributed by atoms with Crippen LogP contribution in [-0.4, -0.2) is 45.4 Å². The second-order valence-corrected chi connectivity index (χ2v) is 6.76. The van der Waals surface area contributed by atoms with E-state index in [1.54, 1.807) is 0 Å². The zero-order chi connectivity index (χ0) is 13.5. The Morgan fingerprint density at radius 2 is 2.26 bits per heavy atom. The third-order valence-corrected chi connectivity index (χ3v) is 5.08. The van der Waals surface area contributed by atoms with Gasteiger partial charge in [0.1, 0.15) is 10.7 Å². The van der Waals surface area contributed by atoms with E-state index < -0.39 is 0 Å². The summed E-state index contributed by atoms with van der Waals surface area (Å²) in [6.07, 6.45) is 6.94. The van der Waals surface area contributed by atoms with Crippen molar-refractivity contribution in [3.05, 3.63) is 11.8 Å². The standard InChI is InChI=1S/C13H20ClN3S2/c1-17-8-5-6-11(10-17)12-13(16-19-15-12)18-9-4-2-3-7-14/h6H,2-5,7-10H2,1H3. The van der Waals surface area contributed by atoms with Crippen molar-refractivity contribution < 1.29 is 0 Å². The molecule has 0 amide bonds. The Morgan fingerprint density at radius 1 is 1.37 bits per heavy atom. The lowest BCUT2D eigenvalue weighted by atomic mass is 10.1. The molecule has 0 aliphatic carbocycles. The number of thioether (sulfide) groups is 1. The Hall–Kier alpha value is -0.100. The number of hydrogen-bond donors (Lipinski definition) is 0. The largest absolute Gasteiger partial charge is 0.302 e. The molecule has 106 valence electrons. The van der Waals surface area contributed by atoms with Gasteiger partial charge >= 0.3 is 0 Å². The molecule has 0 fully saturated rings. The zero-order valence-corrected chi connectivity index (χ0v) is 13.7. The topological polar surface area (TPSA) is 29.0 Å². The molecular weight excluding hydrogens is 298 g/mol. The second kappa shape index (κ2) is 8.25. The molecule has 3 nitrogen and oxygen atoms in total. The Labute approximate surface area is 128 Å². The molecule has 0 saturated carbocycles. The molecule has 6 heteroatoms. The molecule has 2 heterocycles. The number of nitrogens with zero attached hydrogens (tertiary/aromatic N) is 3. The minimum atomic E-state index is 0.771. The average molecular weight is 318 g/mol. The van der Waals surface area contributed by atoms with Crippen molar-refractivity contribution in [1.82, 2.24) is 13.6 Å². The van der Waals surface area contributed by atoms with Crippen LogP contribution in [0, 0.1) is 0 Å². The van der Waals surface area contributed by atoms with Crippen molar-refractivity contribution in [2.75, 3.05) is 31.8 Å². The lowest BCUT2D eigenvalue weighted by Crippen LogP contribution is -2.25. The van der Waals surface area contributed by atoms with E-state index in [0.717, 1.165) is 48.3 Å². The number of alkyl halides is 1. The van der Waals surface area contributed by atoms with Crippen molar-refractivity contribution in [3.8, 4) is 0 Å². The lowest BCUT2D eigenvalue weighted by molar-refractivity contribution is 0.372. The maximum Gasteiger partial charge on any atom is 0.138 e. The molecule has 0 spiro atoms. The maximum atomic E-state index is 5.68. The van der Waals surface area contributed by atoms with Crippen LogP contribution in [0.4, 0.5) is 0 Å². The van der Waals surface area contributed by atoms with Crippen molar-refractivity contribution in [2.24, 2.45) is 0 Å². The average Bonchev–Trinajstić information content (AvgIpc) is 2.87. The third kappa shape index (κ3) is 4.74. The van der Waals surface area contributed by atoms with Crippen molar-refractivity contribution in [2.45, 2.75) is 30.7 Å². The first kappa shape index (κ1) is 15.3. The number of aromatic nitrogens is 2. The monoisotopic (exact) mass is 317 g/mol. The lowest BCUT2D eigenvalue weighted by Gasteiger charge is -2.22. The smallest absolute Gasteiger partial charge is 0.138 e. The first-order valence-corrected chi connectivity index (χ1v) is 8.95. The molecule has 0 radical (unpaired) electrons. The molecule has 1 aromatic heterocycles. The van der Waals surface area contributed by atoms with Crippen molar-refractivity contribution in [1.29, 1.82) is 0 Å². The molecule has 0 bridgehead atoms. The van der Waals surface area contributed by atoms with Gasteiger partial charge in [-0.1, -0.05) is 12.5 Å². The van der Waals surface area contributed by atoms with Gasteiger partial charge in [0.15, 0.2) is 0 Å². The normalized spacial score (nSPS) is 16.6. The Bertz CT molecular complexity index is 420. The summed E-state index contributed by atoms with van der Waals surface area (Å²) in [6, 6.07) is 0. The highest BCUT2D eigenvalue weighted by Crippen LogP contribution is 2.29. The molecule has 1 aliphatic rings. The summed E-state index contributed by atoms with van der Waals surface area (Å²) in [5, 5.41) is 1.11. The van der Waals surface area contributed by atoms with Gasteiger partial charge in [0, 0.05) is 19.0 Å². The van der Waals surface area contributed by atoms with E-state index in [9.17, 15) is 0 Å². The van der Waals surface area contributed by atoms with E-state index in [2.05, 4.69) is 26.8 Å². The zero-order valence-electron chi connectivity index (χ0n) is 11.3. The van der Waals surface area contributed by atoms with E-state index in [4.69, 9.17) is 11.6 Å². The summed E-state index contributed by atoms with van der Waals surface area (Å²) in [5.74, 6) is 1.88. The van der Waals surface area contributed by atoms with Crippen LogP contribution in [0.5, 0.6) is 0 Å². The molecule has 1 aliphatic heterocycles. The van der Waals surface area contributed by atoms with Crippen LogP contribution in [0.3, 0.4) is 0 Å². The van der Waals surface area contributed by atoms with Crippen LogP contribution in [-0.2, 0) is 0 Å². The fourth-order valence-corrected chi connectivity index (χ4v) is 3.98. The summed E-state index contributed by atoms with van der Waals surface area (Å²) in [5.41, 5.74) is 2.45. The van der Waals surface area contributed by atoms with Gasteiger partial charge in [-0.2, -0.15) is 8.75 Å². The van der Waals surface area contributed by atoms with Gasteiger partial charge in [0.2, 0.25) is 0 Å². The minimum absolute atomic E-state index is 0.771. The van der Waals surface area contributed by atoms with Gasteiger partial charge in [-0.05, 0) is 37.6 Å². The second-order valence-electron chi connectivity index (χ2n) is 4.77. The van der Waals surface area contributed by atoms with Crippen molar-refractivity contribution in [3.63, 3.8) is 0 Å². The van der Waals surface area contributed by atoms with E-state index in [1.165, 1.54) is 30.1 Å². The molecule has 1 aromatic rings. The Morgan fingerprint density at radius 3 is 3.05 bits per heavy atom. The van der Waals surface area contributed by atoms with Crippen LogP contribution < -0.4 is 0 Å². The SMILES string of the molecule is CN1CCC=C(c2nsnc2SCCCCCCl)C1. The van der Waals surface area contributed by atoms with Crippen LogP contribution in [0.2, 0.25) is 0 Å². The highest BCUT2D eigenvalue weighted by molar-refractivity contribution is 7.99. The van der Waals surface area contributed by atoms with E-state index in [-0.39, 0.29) is 0 Å². The van der Waals surface area contributed by atoms with Crippen LogP contribution >= 0.6 is 35.1 Å². The van der Waals surface area contributed by atoms with Gasteiger partial charge in [-0.3, -0.25) is 0 Å². The molecule has 0 saturated heterocycles. The summed E-state index contributed by atoms with van der Waals surface area (Å²) >= 11 is 8.84. The summed E-state index contributed by atoms with van der Waals surface area (Å²) in [6.45, 7) is 2.13. The van der Waals surface area contributed by atoms with Gasteiger partial charge in [0.05, 0.1) is 11.7 Å². The fraction of sp³-hybridized carbons (Fsp3) is 0.692. The number of likely N-dealkylation sites (N-methyl/N-ethyl adjacent to an activating group) is 1. The molecule has 0 N–H and O–H groups in total. The first-order valence-electron chi connectivity index (χ1n) is 6.70. The minimum Gasteiger partial charge on any atom is -0.302 e. The number of unbranched alkanes of at least 4 members (excludes halogenated alkanes) is 2. The predicted octanol–water partition coefficient (Wildman–Crippen LogP) is 3.76. The molecular formula is C13H20ClN3S2. The van der Waals surface area contributed by atoms with Crippen LogP contribution in [0.15, 0.2) is 11.1 Å². The molecule has 0 unspecified atom stereocenters. The highest BCUT2D eigenvalue weighted by Gasteiger charge is 2.17. The number of rotatable bonds is 7. The van der Waals surface area contributed by atoms with Gasteiger partial charge in [-0.15, -0.1) is 23.4 Å².